The second-order valence-corrected chi connectivity index (χ2v) is 20.8. The zero-order valence-electron chi connectivity index (χ0n) is 40.1. The summed E-state index contributed by atoms with van der Waals surface area (Å²) in [6.45, 7) is 21.6. The first-order chi connectivity index (χ1) is 30.6. The third-order valence-corrected chi connectivity index (χ3v) is 16.9. The molecule has 10 nitrogen and oxygen atoms in total. The number of sulfonamides is 2. The maximum Gasteiger partial charge on any atom is 0.243 e. The molecule has 348 valence electrons. The lowest BCUT2D eigenvalue weighted by Gasteiger charge is -2.29. The fraction of sp³-hybridized carbons (Fsp3) is 0.500. The van der Waals surface area contributed by atoms with E-state index in [0.717, 1.165) is 62.5 Å². The molecule has 5 rings (SSSR count). The Balaban J connectivity index is 1.76. The van der Waals surface area contributed by atoms with Gasteiger partial charge in [-0.15, -0.1) is 0 Å². The lowest BCUT2D eigenvalue weighted by molar-refractivity contribution is 0.0980. The zero-order valence-corrected chi connectivity index (χ0v) is 41.7. The molecule has 0 saturated carbocycles. The van der Waals surface area contributed by atoms with Crippen LogP contribution in [0, 0.1) is 13.8 Å². The normalized spacial score (nSPS) is 12.9. The van der Waals surface area contributed by atoms with E-state index in [0.29, 0.717) is 96.9 Å². The first kappa shape index (κ1) is 50.6. The van der Waals surface area contributed by atoms with Crippen molar-refractivity contribution < 1.29 is 26.4 Å². The molecular weight excluding hydrogens is 841 g/mol. The third kappa shape index (κ3) is 10.1. The second kappa shape index (κ2) is 22.2. The number of benzene rings is 4. The quantitative estimate of drug-likeness (QED) is 0.0625. The van der Waals surface area contributed by atoms with Gasteiger partial charge in [0.2, 0.25) is 20.0 Å². The molecule has 4 aromatic carbocycles. The number of anilines is 4. The number of hydrogen-bond donors (Lipinski definition) is 2. The summed E-state index contributed by atoms with van der Waals surface area (Å²) in [5.41, 5.74) is 7.37. The molecule has 1 aliphatic carbocycles. The molecule has 0 heterocycles. The SMILES string of the molecule is CCCCN(CCCC)S(=O)(=O)c1c(C)cc(CC)c(Nc2ccc(Nc3c(CC)cc(C)c(S(=O)(=O)N(CCCC)CCCC)c3CC)c3c2C(=O)c2ccccc2C3=O)c1CC. The Hall–Kier alpha value is -4.36. The van der Waals surface area contributed by atoms with Crippen LogP contribution in [0.4, 0.5) is 22.7 Å². The second-order valence-electron chi connectivity index (χ2n) is 17.1. The summed E-state index contributed by atoms with van der Waals surface area (Å²) in [4.78, 5) is 30.3. The van der Waals surface area contributed by atoms with Gasteiger partial charge in [-0.3, -0.25) is 9.59 Å². The minimum atomic E-state index is -3.91. The number of ketones is 2. The Morgan fingerprint density at radius 1 is 0.484 bits per heavy atom. The highest BCUT2D eigenvalue weighted by molar-refractivity contribution is 7.89. The summed E-state index contributed by atoms with van der Waals surface area (Å²) in [7, 11) is -7.81. The van der Waals surface area contributed by atoms with E-state index in [9.17, 15) is 26.4 Å². The van der Waals surface area contributed by atoms with Crippen LogP contribution in [0.3, 0.4) is 0 Å². The summed E-state index contributed by atoms with van der Waals surface area (Å²) in [6.07, 6.45) is 8.47. The number of hydrogen-bond acceptors (Lipinski definition) is 8. The summed E-state index contributed by atoms with van der Waals surface area (Å²) in [6, 6.07) is 14.2. The summed E-state index contributed by atoms with van der Waals surface area (Å²) in [5, 5.41) is 7.14. The Bertz CT molecular complexity index is 2380. The fourth-order valence-electron chi connectivity index (χ4n) is 9.15. The van der Waals surface area contributed by atoms with Crippen LogP contribution < -0.4 is 10.6 Å². The fourth-order valence-corrected chi connectivity index (χ4v) is 13.2. The van der Waals surface area contributed by atoms with E-state index in [2.05, 4.69) is 38.3 Å². The van der Waals surface area contributed by atoms with Gasteiger partial charge in [0.1, 0.15) is 0 Å². The minimum absolute atomic E-state index is 0.177. The van der Waals surface area contributed by atoms with Crippen LogP contribution in [0.5, 0.6) is 0 Å². The number of aryl methyl sites for hydroxylation is 4. The Morgan fingerprint density at radius 3 is 1.09 bits per heavy atom. The predicted molar refractivity (Wildman–Crippen MR) is 263 cm³/mol. The van der Waals surface area contributed by atoms with Crippen molar-refractivity contribution in [3.63, 3.8) is 0 Å². The highest BCUT2D eigenvalue weighted by atomic mass is 32.2. The Labute approximate surface area is 384 Å². The molecule has 4 aromatic rings. The smallest absolute Gasteiger partial charge is 0.243 e. The van der Waals surface area contributed by atoms with E-state index in [4.69, 9.17) is 0 Å². The number of nitrogens with zero attached hydrogens (tertiary/aromatic N) is 2. The van der Waals surface area contributed by atoms with Gasteiger partial charge in [0.25, 0.3) is 0 Å². The van der Waals surface area contributed by atoms with Crippen LogP contribution in [0.2, 0.25) is 0 Å². The minimum Gasteiger partial charge on any atom is -0.354 e. The highest BCUT2D eigenvalue weighted by Gasteiger charge is 2.37. The summed E-state index contributed by atoms with van der Waals surface area (Å²) < 4.78 is 62.2. The molecule has 0 fully saturated rings. The molecule has 64 heavy (non-hydrogen) atoms. The summed E-state index contributed by atoms with van der Waals surface area (Å²) >= 11 is 0. The molecule has 0 saturated heterocycles. The lowest BCUT2D eigenvalue weighted by Crippen LogP contribution is -2.34. The number of unbranched alkanes of at least 4 members (excludes halogenated alkanes) is 4. The van der Waals surface area contributed by atoms with Crippen LogP contribution in [0.1, 0.15) is 172 Å². The van der Waals surface area contributed by atoms with Crippen molar-refractivity contribution in [2.24, 2.45) is 0 Å². The van der Waals surface area contributed by atoms with E-state index in [1.54, 1.807) is 45.0 Å². The van der Waals surface area contributed by atoms with Gasteiger partial charge in [-0.2, -0.15) is 8.61 Å². The molecule has 0 amide bonds. The van der Waals surface area contributed by atoms with Gasteiger partial charge in [0.05, 0.1) is 32.3 Å². The van der Waals surface area contributed by atoms with Crippen LogP contribution >= 0.6 is 0 Å². The van der Waals surface area contributed by atoms with Crippen LogP contribution in [0.15, 0.2) is 58.3 Å². The van der Waals surface area contributed by atoms with Crippen LogP contribution in [0.25, 0.3) is 0 Å². The van der Waals surface area contributed by atoms with Crippen molar-refractivity contribution in [1.82, 2.24) is 8.61 Å². The van der Waals surface area contributed by atoms with Gasteiger partial charge in [-0.25, -0.2) is 16.8 Å². The molecule has 0 atom stereocenters. The molecule has 0 bridgehead atoms. The topological polar surface area (TPSA) is 133 Å². The average Bonchev–Trinajstić information content (AvgIpc) is 3.28. The van der Waals surface area contributed by atoms with Gasteiger partial charge in [-0.1, -0.05) is 117 Å². The van der Waals surface area contributed by atoms with Crippen molar-refractivity contribution in [2.75, 3.05) is 36.8 Å². The van der Waals surface area contributed by atoms with E-state index in [1.165, 1.54) is 0 Å². The maximum atomic E-state index is 14.9. The maximum absolute atomic E-state index is 14.9. The van der Waals surface area contributed by atoms with Gasteiger partial charge in [0.15, 0.2) is 11.6 Å². The first-order valence-electron chi connectivity index (χ1n) is 23.8. The predicted octanol–water partition coefficient (Wildman–Crippen LogP) is 12.0. The molecule has 1 aliphatic rings. The lowest BCUT2D eigenvalue weighted by atomic mass is 9.82. The van der Waals surface area contributed by atoms with Gasteiger partial charge in [-0.05, 0) is 111 Å². The Kier molecular flexibility index (Phi) is 17.6. The number of nitrogens with one attached hydrogen (secondary N) is 2. The molecular formula is C52H72N4O6S2. The highest BCUT2D eigenvalue weighted by Crippen LogP contribution is 2.43. The number of fused-ring (bicyclic) bond motifs is 2. The molecule has 12 heteroatoms. The van der Waals surface area contributed by atoms with Crippen molar-refractivity contribution in [1.29, 1.82) is 0 Å². The molecule has 0 aliphatic heterocycles. The Morgan fingerprint density at radius 2 is 0.812 bits per heavy atom. The van der Waals surface area contributed by atoms with Crippen molar-refractivity contribution >= 4 is 54.4 Å². The van der Waals surface area contributed by atoms with Crippen molar-refractivity contribution in [3.05, 3.63) is 104 Å². The zero-order chi connectivity index (χ0) is 46.9. The molecule has 2 N–H and O–H groups in total. The van der Waals surface area contributed by atoms with Gasteiger partial charge < -0.3 is 10.6 Å². The molecule has 0 unspecified atom stereocenters. The van der Waals surface area contributed by atoms with Crippen molar-refractivity contribution in [3.8, 4) is 0 Å². The summed E-state index contributed by atoms with van der Waals surface area (Å²) in [5.74, 6) is -0.669. The first-order valence-corrected chi connectivity index (χ1v) is 26.7. The van der Waals surface area contributed by atoms with E-state index in [1.807, 2.05) is 53.7 Å². The molecule has 0 radical (unpaired) electrons. The number of rotatable bonds is 24. The van der Waals surface area contributed by atoms with Gasteiger partial charge in [0, 0.05) is 48.7 Å². The molecule has 0 spiro atoms. The monoisotopic (exact) mass is 912 g/mol. The largest absolute Gasteiger partial charge is 0.354 e. The third-order valence-electron chi connectivity index (χ3n) is 12.6. The van der Waals surface area contributed by atoms with E-state index >= 15 is 0 Å². The van der Waals surface area contributed by atoms with Crippen molar-refractivity contribution in [2.45, 2.75) is 156 Å². The van der Waals surface area contributed by atoms with Crippen LogP contribution in [-0.2, 0) is 45.7 Å². The standard InChI is InChI=1S/C52H72N4O6S2/c1-11-19-29-55(30-20-12-2)63(59,60)51-35(9)33-37(15-5)47(39(51)17-7)53-43-27-28-44(46-45(43)49(57)41-25-23-24-26-42(41)50(46)58)54-48-38(16-6)34-36(10)52(40(48)18-8)64(61,62)56(31-21-13-3)32-22-14-4/h23-28,33-34,53-54H,11-22,29-32H2,1-10H3. The molecule has 0 aromatic heterocycles. The van der Waals surface area contributed by atoms with E-state index in [-0.39, 0.29) is 43.6 Å². The van der Waals surface area contributed by atoms with E-state index < -0.39 is 20.0 Å². The average molecular weight is 913 g/mol. The number of carbonyl (C=O) groups is 2. The number of carbonyl (C=O) groups excluding carboxylic acids is 2. The van der Waals surface area contributed by atoms with Crippen LogP contribution in [-0.4, -0.2) is 63.2 Å². The van der Waals surface area contributed by atoms with Gasteiger partial charge >= 0.3 is 0 Å².